The van der Waals surface area contributed by atoms with Gasteiger partial charge in [-0.1, -0.05) is 0 Å². The summed E-state index contributed by atoms with van der Waals surface area (Å²) >= 11 is 0. The molecule has 1 aliphatic rings. The fraction of sp³-hybridized carbons (Fsp3) is 0.385. The highest BCUT2D eigenvalue weighted by molar-refractivity contribution is 6.23. The minimum absolute atomic E-state index is 0.158. The van der Waals surface area contributed by atoms with Crippen molar-refractivity contribution in [2.75, 3.05) is 25.7 Å². The van der Waals surface area contributed by atoms with E-state index in [9.17, 15) is 19.2 Å². The van der Waals surface area contributed by atoms with E-state index in [1.54, 1.807) is 45.9 Å². The van der Waals surface area contributed by atoms with E-state index in [1.807, 2.05) is 0 Å². The van der Waals surface area contributed by atoms with Crippen molar-refractivity contribution in [2.24, 2.45) is 0 Å². The lowest BCUT2D eigenvalue weighted by Crippen LogP contribution is -2.54. The Morgan fingerprint density at radius 2 is 1.57 bits per heavy atom. The molecule has 1 heterocycles. The van der Waals surface area contributed by atoms with Crippen LogP contribution in [0.2, 0.25) is 0 Å². The molecule has 35 heavy (non-hydrogen) atoms. The molecule has 0 radical (unpaired) electrons. The van der Waals surface area contributed by atoms with Crippen LogP contribution in [0.15, 0.2) is 42.5 Å². The van der Waals surface area contributed by atoms with Crippen molar-refractivity contribution in [3.05, 3.63) is 53.6 Å². The van der Waals surface area contributed by atoms with Gasteiger partial charge in [-0.15, -0.1) is 0 Å². The molecule has 2 aromatic rings. The van der Waals surface area contributed by atoms with Gasteiger partial charge >= 0.3 is 5.97 Å². The molecule has 0 aromatic heterocycles. The number of carbonyl (C=O) groups is 4. The minimum Gasteiger partial charge on any atom is -0.493 e. The van der Waals surface area contributed by atoms with E-state index < -0.39 is 35.3 Å². The Bertz CT molecular complexity index is 1140. The van der Waals surface area contributed by atoms with Crippen LogP contribution in [-0.2, 0) is 14.3 Å². The monoisotopic (exact) mass is 482 g/mol. The lowest BCUT2D eigenvalue weighted by Gasteiger charge is -2.39. The molecule has 3 rings (SSSR count). The first-order chi connectivity index (χ1) is 16.5. The first-order valence-corrected chi connectivity index (χ1v) is 11.2. The molecule has 1 saturated heterocycles. The van der Waals surface area contributed by atoms with Crippen LogP contribution in [0.25, 0.3) is 0 Å². The quantitative estimate of drug-likeness (QED) is 0.440. The standard InChI is InChI=1S/C26H30N2O7/c1-7-35-25(32)16-8-11-18(12-9-16)27-22(29)15-19(24(27)31)28(26(2,3)4)23(30)17-10-13-20(33-5)21(14-17)34-6/h8-14,19H,7,15H2,1-6H3. The molecule has 1 unspecified atom stereocenters. The fourth-order valence-corrected chi connectivity index (χ4v) is 4.07. The number of hydrogen-bond acceptors (Lipinski definition) is 7. The summed E-state index contributed by atoms with van der Waals surface area (Å²) in [6.45, 7) is 7.36. The molecule has 0 aliphatic carbocycles. The van der Waals surface area contributed by atoms with Crippen molar-refractivity contribution in [2.45, 2.75) is 45.7 Å². The molecular formula is C26H30N2O7. The van der Waals surface area contributed by atoms with Gasteiger partial charge in [0.2, 0.25) is 5.91 Å². The van der Waals surface area contributed by atoms with Crippen LogP contribution in [0.1, 0.15) is 54.8 Å². The number of amides is 3. The number of ether oxygens (including phenoxy) is 3. The highest BCUT2D eigenvalue weighted by atomic mass is 16.5. The summed E-state index contributed by atoms with van der Waals surface area (Å²) in [6, 6.07) is 9.79. The number of nitrogens with zero attached hydrogens (tertiary/aromatic N) is 2. The number of imide groups is 1. The van der Waals surface area contributed by atoms with E-state index in [0.717, 1.165) is 4.90 Å². The fourth-order valence-electron chi connectivity index (χ4n) is 4.07. The summed E-state index contributed by atoms with van der Waals surface area (Å²) in [5.74, 6) is -0.999. The lowest BCUT2D eigenvalue weighted by atomic mass is 9.99. The van der Waals surface area contributed by atoms with Crippen molar-refractivity contribution in [3.63, 3.8) is 0 Å². The molecule has 0 saturated carbocycles. The molecular weight excluding hydrogens is 452 g/mol. The molecule has 9 nitrogen and oxygen atoms in total. The van der Waals surface area contributed by atoms with Gasteiger partial charge in [0.05, 0.1) is 38.5 Å². The van der Waals surface area contributed by atoms with Crippen molar-refractivity contribution >= 4 is 29.4 Å². The Morgan fingerprint density at radius 3 is 2.11 bits per heavy atom. The number of rotatable bonds is 7. The van der Waals surface area contributed by atoms with Crippen LogP contribution in [0.4, 0.5) is 5.69 Å². The minimum atomic E-state index is -0.993. The van der Waals surface area contributed by atoms with Crippen molar-refractivity contribution in [1.82, 2.24) is 4.90 Å². The molecule has 0 N–H and O–H groups in total. The van der Waals surface area contributed by atoms with Crippen molar-refractivity contribution in [3.8, 4) is 11.5 Å². The summed E-state index contributed by atoms with van der Waals surface area (Å²) in [6.07, 6.45) is -0.158. The maximum Gasteiger partial charge on any atom is 0.338 e. The SMILES string of the molecule is CCOC(=O)c1ccc(N2C(=O)CC(N(C(=O)c3ccc(OC)c(OC)c3)C(C)(C)C)C2=O)cc1. The molecule has 1 atom stereocenters. The first-order valence-electron chi connectivity index (χ1n) is 11.2. The second kappa shape index (κ2) is 10.2. The third-order valence-corrected chi connectivity index (χ3v) is 5.64. The molecule has 2 aromatic carbocycles. The van der Waals surface area contributed by atoms with Crippen LogP contribution >= 0.6 is 0 Å². The Hall–Kier alpha value is -3.88. The van der Waals surface area contributed by atoms with Crippen LogP contribution in [-0.4, -0.2) is 61.0 Å². The smallest absolute Gasteiger partial charge is 0.338 e. The highest BCUT2D eigenvalue weighted by Gasteiger charge is 2.47. The topological polar surface area (TPSA) is 102 Å². The third kappa shape index (κ3) is 5.13. The zero-order chi connectivity index (χ0) is 25.9. The molecule has 0 bridgehead atoms. The Balaban J connectivity index is 1.93. The Kier molecular flexibility index (Phi) is 7.48. The van der Waals surface area contributed by atoms with Crippen LogP contribution in [0, 0.1) is 0 Å². The van der Waals surface area contributed by atoms with E-state index >= 15 is 0 Å². The van der Waals surface area contributed by atoms with E-state index in [-0.39, 0.29) is 13.0 Å². The maximum atomic E-state index is 13.6. The third-order valence-electron chi connectivity index (χ3n) is 5.64. The predicted octanol–water partition coefficient (Wildman–Crippen LogP) is 3.45. The molecule has 186 valence electrons. The second-order valence-corrected chi connectivity index (χ2v) is 8.97. The number of methoxy groups -OCH3 is 2. The van der Waals surface area contributed by atoms with Gasteiger partial charge in [-0.05, 0) is 70.2 Å². The normalized spacial score (nSPS) is 15.7. The van der Waals surface area contributed by atoms with Gasteiger partial charge in [0, 0.05) is 11.1 Å². The van der Waals surface area contributed by atoms with Crippen LogP contribution in [0.5, 0.6) is 11.5 Å². The lowest BCUT2D eigenvalue weighted by molar-refractivity contribution is -0.123. The maximum absolute atomic E-state index is 13.6. The summed E-state index contributed by atoms with van der Waals surface area (Å²) < 4.78 is 15.5. The summed E-state index contributed by atoms with van der Waals surface area (Å²) in [5.41, 5.74) is 0.165. The Labute approximate surface area is 204 Å². The number of benzene rings is 2. The van der Waals surface area contributed by atoms with Crippen LogP contribution < -0.4 is 14.4 Å². The first kappa shape index (κ1) is 25.7. The zero-order valence-electron chi connectivity index (χ0n) is 20.8. The van der Waals surface area contributed by atoms with Crippen molar-refractivity contribution in [1.29, 1.82) is 0 Å². The van der Waals surface area contributed by atoms with Gasteiger partial charge in [-0.2, -0.15) is 0 Å². The van der Waals surface area contributed by atoms with Crippen LogP contribution in [0.3, 0.4) is 0 Å². The second-order valence-electron chi connectivity index (χ2n) is 8.97. The van der Waals surface area contributed by atoms with Gasteiger partial charge in [-0.25, -0.2) is 9.69 Å². The molecule has 1 fully saturated rings. The number of carbonyl (C=O) groups excluding carboxylic acids is 4. The predicted molar refractivity (Wildman–Crippen MR) is 129 cm³/mol. The number of esters is 1. The van der Waals surface area contributed by atoms with E-state index in [0.29, 0.717) is 28.3 Å². The van der Waals surface area contributed by atoms with E-state index in [4.69, 9.17) is 14.2 Å². The van der Waals surface area contributed by atoms with Crippen molar-refractivity contribution < 1.29 is 33.4 Å². The Morgan fingerprint density at radius 1 is 0.971 bits per heavy atom. The average molecular weight is 483 g/mol. The largest absolute Gasteiger partial charge is 0.493 e. The van der Waals surface area contributed by atoms with Gasteiger partial charge in [0.15, 0.2) is 11.5 Å². The molecule has 1 aliphatic heterocycles. The zero-order valence-corrected chi connectivity index (χ0v) is 20.8. The van der Waals surface area contributed by atoms with Gasteiger partial charge < -0.3 is 19.1 Å². The van der Waals surface area contributed by atoms with Gasteiger partial charge in [0.1, 0.15) is 6.04 Å². The van der Waals surface area contributed by atoms with Gasteiger partial charge in [-0.3, -0.25) is 14.4 Å². The molecule has 3 amide bonds. The number of hydrogen-bond donors (Lipinski definition) is 0. The van der Waals surface area contributed by atoms with Gasteiger partial charge in [0.25, 0.3) is 11.8 Å². The summed E-state index contributed by atoms with van der Waals surface area (Å²) in [5, 5.41) is 0. The van der Waals surface area contributed by atoms with E-state index in [2.05, 4.69) is 0 Å². The summed E-state index contributed by atoms with van der Waals surface area (Å²) in [4.78, 5) is 54.4. The highest BCUT2D eigenvalue weighted by Crippen LogP contribution is 2.33. The average Bonchev–Trinajstić information content (AvgIpc) is 3.11. The molecule has 0 spiro atoms. The number of anilines is 1. The summed E-state index contributed by atoms with van der Waals surface area (Å²) in [7, 11) is 2.97. The van der Waals surface area contributed by atoms with E-state index in [1.165, 1.54) is 43.4 Å². The molecule has 9 heteroatoms.